The number of benzene rings is 1. The van der Waals surface area contributed by atoms with Crippen molar-refractivity contribution in [1.29, 1.82) is 0 Å². The lowest BCUT2D eigenvalue weighted by Crippen LogP contribution is -2.08. The molecule has 0 atom stereocenters. The second-order valence-corrected chi connectivity index (χ2v) is 4.04. The van der Waals surface area contributed by atoms with Crippen molar-refractivity contribution in [2.75, 3.05) is 7.11 Å². The maximum absolute atomic E-state index is 12.9. The summed E-state index contributed by atoms with van der Waals surface area (Å²) in [4.78, 5) is 14.7. The first-order valence-electron chi connectivity index (χ1n) is 5.12. The maximum atomic E-state index is 12.9. The fourth-order valence-corrected chi connectivity index (χ4v) is 1.62. The number of hydrogen-bond donors (Lipinski definition) is 0. The van der Waals surface area contributed by atoms with Crippen molar-refractivity contribution in [3.8, 4) is 11.4 Å². The van der Waals surface area contributed by atoms with E-state index in [0.29, 0.717) is 0 Å². The third kappa shape index (κ3) is 2.74. The lowest BCUT2D eigenvalue weighted by molar-refractivity contribution is -0.137. The lowest BCUT2D eigenvalue weighted by atomic mass is 10.1. The molecule has 1 heterocycles. The minimum atomic E-state index is -4.65. The van der Waals surface area contributed by atoms with E-state index in [4.69, 9.17) is 11.6 Å². The lowest BCUT2D eigenvalue weighted by Gasteiger charge is -2.10. The van der Waals surface area contributed by atoms with Crippen LogP contribution in [0.3, 0.4) is 0 Å². The monoisotopic (exact) mass is 306 g/mol. The molecule has 0 aliphatic heterocycles. The molecule has 0 aliphatic rings. The van der Waals surface area contributed by atoms with E-state index in [-0.39, 0.29) is 16.4 Å². The molecule has 2 rings (SSSR count). The molecule has 0 saturated heterocycles. The molecule has 0 aliphatic carbocycles. The van der Waals surface area contributed by atoms with E-state index in [1.165, 1.54) is 6.07 Å². The summed E-state index contributed by atoms with van der Waals surface area (Å²) in [5.74, 6) is -1.86. The number of carbonyl (C=O) groups excluding carboxylic acids is 1. The molecule has 0 N–H and O–H groups in total. The molecular weight excluding hydrogens is 301 g/mol. The van der Waals surface area contributed by atoms with Gasteiger partial charge in [0.05, 0.1) is 12.7 Å². The summed E-state index contributed by atoms with van der Waals surface area (Å²) >= 11 is 5.55. The molecular formula is C11H6ClF3N2O3. The fourth-order valence-electron chi connectivity index (χ4n) is 1.45. The fraction of sp³-hybridized carbons (Fsp3) is 0.182. The molecule has 1 aromatic carbocycles. The minimum Gasteiger partial charge on any atom is -0.462 e. The van der Waals surface area contributed by atoms with E-state index in [2.05, 4.69) is 19.4 Å². The average molecular weight is 307 g/mol. The first kappa shape index (κ1) is 14.3. The molecule has 2 aromatic rings. The molecule has 0 unspecified atom stereocenters. The molecule has 106 valence electrons. The van der Waals surface area contributed by atoms with Gasteiger partial charge >= 0.3 is 18.0 Å². The van der Waals surface area contributed by atoms with E-state index in [1.54, 1.807) is 0 Å². The Kier molecular flexibility index (Phi) is 3.67. The van der Waals surface area contributed by atoms with Gasteiger partial charge in [-0.3, -0.25) is 0 Å². The summed E-state index contributed by atoms with van der Waals surface area (Å²) in [6, 6.07) is 3.09. The highest BCUT2D eigenvalue weighted by molar-refractivity contribution is 6.30. The molecule has 0 fully saturated rings. The number of esters is 1. The zero-order valence-electron chi connectivity index (χ0n) is 9.86. The van der Waals surface area contributed by atoms with Crippen molar-refractivity contribution in [2.24, 2.45) is 0 Å². The predicted molar refractivity (Wildman–Crippen MR) is 61.1 cm³/mol. The quantitative estimate of drug-likeness (QED) is 0.797. The number of halogens is 4. The average Bonchev–Trinajstić information content (AvgIpc) is 2.86. The maximum Gasteiger partial charge on any atom is 0.417 e. The van der Waals surface area contributed by atoms with Crippen LogP contribution < -0.4 is 0 Å². The van der Waals surface area contributed by atoms with Gasteiger partial charge in [-0.2, -0.15) is 18.2 Å². The normalized spacial score (nSPS) is 11.4. The Labute approximate surface area is 115 Å². The summed E-state index contributed by atoms with van der Waals surface area (Å²) in [6.07, 6.45) is -4.65. The molecule has 1 aromatic heterocycles. The number of alkyl halides is 3. The molecule has 0 bridgehead atoms. The van der Waals surface area contributed by atoms with Crippen LogP contribution >= 0.6 is 11.6 Å². The van der Waals surface area contributed by atoms with Crippen molar-refractivity contribution >= 4 is 17.6 Å². The van der Waals surface area contributed by atoms with E-state index >= 15 is 0 Å². The topological polar surface area (TPSA) is 65.2 Å². The first-order valence-corrected chi connectivity index (χ1v) is 5.50. The van der Waals surface area contributed by atoms with Gasteiger partial charge in [-0.15, -0.1) is 0 Å². The third-order valence-electron chi connectivity index (χ3n) is 2.31. The van der Waals surface area contributed by atoms with Crippen molar-refractivity contribution in [2.45, 2.75) is 6.18 Å². The van der Waals surface area contributed by atoms with Crippen LogP contribution in [-0.4, -0.2) is 23.2 Å². The van der Waals surface area contributed by atoms with Crippen molar-refractivity contribution < 1.29 is 27.2 Å². The van der Waals surface area contributed by atoms with Gasteiger partial charge in [0.2, 0.25) is 5.82 Å². The van der Waals surface area contributed by atoms with Gasteiger partial charge in [-0.05, 0) is 18.2 Å². The zero-order valence-corrected chi connectivity index (χ0v) is 10.6. The molecule has 0 amide bonds. The number of ether oxygens (including phenoxy) is 1. The van der Waals surface area contributed by atoms with Crippen molar-refractivity contribution in [3.05, 3.63) is 34.7 Å². The second-order valence-electron chi connectivity index (χ2n) is 3.60. The summed E-state index contributed by atoms with van der Waals surface area (Å²) in [5.41, 5.74) is -1.37. The van der Waals surface area contributed by atoms with Crippen LogP contribution in [0.5, 0.6) is 0 Å². The largest absolute Gasteiger partial charge is 0.462 e. The van der Waals surface area contributed by atoms with Crippen LogP contribution in [0, 0.1) is 0 Å². The predicted octanol–water partition coefficient (Wildman–Crippen LogP) is 3.20. The summed E-state index contributed by atoms with van der Waals surface area (Å²) in [6.45, 7) is 0. The molecule has 9 heteroatoms. The van der Waals surface area contributed by atoms with Gasteiger partial charge in [-0.1, -0.05) is 16.8 Å². The Morgan fingerprint density at radius 2 is 2.10 bits per heavy atom. The van der Waals surface area contributed by atoms with Gasteiger partial charge in [0, 0.05) is 10.6 Å². The Balaban J connectivity index is 2.53. The highest BCUT2D eigenvalue weighted by atomic mass is 35.5. The standard InChI is InChI=1S/C11H6ClF3N2O3/c1-19-10(18)9-16-8(17-20-9)6-3-2-5(12)4-7(6)11(13,14)15/h2-4H,1H3. The van der Waals surface area contributed by atoms with Crippen LogP contribution in [0.4, 0.5) is 13.2 Å². The van der Waals surface area contributed by atoms with Gasteiger partial charge in [0.1, 0.15) is 0 Å². The van der Waals surface area contributed by atoms with Crippen LogP contribution in [0.25, 0.3) is 11.4 Å². The Morgan fingerprint density at radius 3 is 2.70 bits per heavy atom. The van der Waals surface area contributed by atoms with Crippen molar-refractivity contribution in [3.63, 3.8) is 0 Å². The van der Waals surface area contributed by atoms with Crippen molar-refractivity contribution in [1.82, 2.24) is 10.1 Å². The number of hydrogen-bond acceptors (Lipinski definition) is 5. The number of methoxy groups -OCH3 is 1. The molecule has 0 spiro atoms. The summed E-state index contributed by atoms with van der Waals surface area (Å²) in [7, 11) is 1.08. The molecule has 20 heavy (non-hydrogen) atoms. The van der Waals surface area contributed by atoms with E-state index in [1.807, 2.05) is 0 Å². The van der Waals surface area contributed by atoms with E-state index in [9.17, 15) is 18.0 Å². The molecule has 0 radical (unpaired) electrons. The Hall–Kier alpha value is -2.09. The minimum absolute atomic E-state index is 0.0854. The van der Waals surface area contributed by atoms with Gasteiger partial charge in [-0.25, -0.2) is 4.79 Å². The number of aromatic nitrogens is 2. The number of rotatable bonds is 2. The smallest absolute Gasteiger partial charge is 0.417 e. The zero-order chi connectivity index (χ0) is 14.9. The summed E-state index contributed by atoms with van der Waals surface area (Å²) < 4.78 is 47.6. The van der Waals surface area contributed by atoms with E-state index in [0.717, 1.165) is 19.2 Å². The van der Waals surface area contributed by atoms with Gasteiger partial charge < -0.3 is 9.26 Å². The molecule has 0 saturated carbocycles. The first-order chi connectivity index (χ1) is 9.32. The second kappa shape index (κ2) is 5.12. The summed E-state index contributed by atoms with van der Waals surface area (Å²) in [5, 5.41) is 3.24. The highest BCUT2D eigenvalue weighted by Gasteiger charge is 2.35. The van der Waals surface area contributed by atoms with Crippen LogP contribution in [0.1, 0.15) is 16.2 Å². The van der Waals surface area contributed by atoms with Crippen LogP contribution in [0.15, 0.2) is 22.7 Å². The van der Waals surface area contributed by atoms with Gasteiger partial charge in [0.25, 0.3) is 0 Å². The number of nitrogens with zero attached hydrogens (tertiary/aromatic N) is 2. The van der Waals surface area contributed by atoms with Gasteiger partial charge in [0.15, 0.2) is 0 Å². The van der Waals surface area contributed by atoms with E-state index < -0.39 is 23.6 Å². The number of carbonyl (C=O) groups is 1. The SMILES string of the molecule is COC(=O)c1nc(-c2ccc(Cl)cc2C(F)(F)F)no1. The molecule has 5 nitrogen and oxygen atoms in total. The highest BCUT2D eigenvalue weighted by Crippen LogP contribution is 2.37. The Bertz CT molecular complexity index is 655. The van der Waals surface area contributed by atoms with Crippen LogP contribution in [0.2, 0.25) is 5.02 Å². The Morgan fingerprint density at radius 1 is 1.40 bits per heavy atom. The van der Waals surface area contributed by atoms with Crippen LogP contribution in [-0.2, 0) is 10.9 Å². The third-order valence-corrected chi connectivity index (χ3v) is 2.55.